The van der Waals surface area contributed by atoms with E-state index in [1.54, 1.807) is 6.07 Å². The zero-order valence-corrected chi connectivity index (χ0v) is 10.2. The lowest BCUT2D eigenvalue weighted by Gasteiger charge is -2.10. The minimum Gasteiger partial charge on any atom is -0.508 e. The maximum Gasteiger partial charge on any atom is 0.336 e. The Morgan fingerprint density at radius 2 is 2.16 bits per heavy atom. The van der Waals surface area contributed by atoms with Gasteiger partial charge in [0.2, 0.25) is 0 Å². The Morgan fingerprint density at radius 1 is 1.42 bits per heavy atom. The normalized spacial score (nSPS) is 12.5. The van der Waals surface area contributed by atoms with Gasteiger partial charge in [-0.05, 0) is 24.6 Å². The van der Waals surface area contributed by atoms with E-state index >= 15 is 0 Å². The van der Waals surface area contributed by atoms with Gasteiger partial charge < -0.3 is 19.9 Å². The number of carboxylic acids is 1. The van der Waals surface area contributed by atoms with Crippen molar-refractivity contribution in [3.8, 4) is 5.75 Å². The molecule has 0 radical (unpaired) electrons. The number of carboxylic acid groups (broad SMARTS) is 1. The zero-order valence-electron chi connectivity index (χ0n) is 10.2. The lowest BCUT2D eigenvalue weighted by Crippen LogP contribution is -2.33. The minimum absolute atomic E-state index is 0.000312. The van der Waals surface area contributed by atoms with Crippen LogP contribution in [-0.4, -0.2) is 22.2 Å². The molecule has 6 nitrogen and oxygen atoms in total. The van der Waals surface area contributed by atoms with Crippen LogP contribution >= 0.6 is 0 Å². The van der Waals surface area contributed by atoms with Gasteiger partial charge in [0.05, 0.1) is 0 Å². The predicted molar refractivity (Wildman–Crippen MR) is 68.1 cm³/mol. The van der Waals surface area contributed by atoms with Gasteiger partial charge in [0.25, 0.3) is 0 Å². The summed E-state index contributed by atoms with van der Waals surface area (Å²) in [7, 11) is 0. The first-order valence-corrected chi connectivity index (χ1v) is 5.69. The summed E-state index contributed by atoms with van der Waals surface area (Å²) in [6.45, 7) is 1.74. The quantitative estimate of drug-likeness (QED) is 0.713. The average Bonchev–Trinajstić information content (AvgIpc) is 2.34. The van der Waals surface area contributed by atoms with Crippen LogP contribution in [0.1, 0.15) is 12.5 Å². The summed E-state index contributed by atoms with van der Waals surface area (Å²) in [4.78, 5) is 22.1. The molecule has 1 aromatic carbocycles. The van der Waals surface area contributed by atoms with Crippen LogP contribution in [0.4, 0.5) is 0 Å². The molecule has 2 rings (SSSR count). The highest BCUT2D eigenvalue weighted by atomic mass is 16.4. The van der Waals surface area contributed by atoms with Crippen molar-refractivity contribution >= 4 is 16.9 Å². The molecule has 3 N–H and O–H groups in total. The van der Waals surface area contributed by atoms with E-state index in [4.69, 9.17) is 9.52 Å². The Hall–Kier alpha value is -2.34. The topological polar surface area (TPSA) is 99.8 Å². The lowest BCUT2D eigenvalue weighted by atomic mass is 10.1. The van der Waals surface area contributed by atoms with E-state index < -0.39 is 17.6 Å². The molecule has 0 saturated heterocycles. The molecule has 100 valence electrons. The summed E-state index contributed by atoms with van der Waals surface area (Å²) in [5.41, 5.74) is 0.351. The van der Waals surface area contributed by atoms with Gasteiger partial charge in [-0.15, -0.1) is 0 Å². The number of aliphatic carboxylic acids is 1. The highest BCUT2D eigenvalue weighted by molar-refractivity contribution is 5.81. The van der Waals surface area contributed by atoms with Gasteiger partial charge in [0.1, 0.15) is 17.4 Å². The highest BCUT2D eigenvalue weighted by Crippen LogP contribution is 2.21. The summed E-state index contributed by atoms with van der Waals surface area (Å²) in [5.74, 6) is -0.968. The fraction of sp³-hybridized carbons (Fsp3) is 0.231. The van der Waals surface area contributed by atoms with E-state index in [1.165, 1.54) is 25.1 Å². The Balaban J connectivity index is 2.37. The summed E-state index contributed by atoms with van der Waals surface area (Å²) < 4.78 is 4.98. The van der Waals surface area contributed by atoms with Crippen molar-refractivity contribution in [1.82, 2.24) is 5.32 Å². The van der Waals surface area contributed by atoms with Gasteiger partial charge in [-0.2, -0.15) is 0 Å². The van der Waals surface area contributed by atoms with Crippen LogP contribution in [0.25, 0.3) is 11.0 Å². The monoisotopic (exact) mass is 263 g/mol. The number of rotatable bonds is 4. The van der Waals surface area contributed by atoms with E-state index in [2.05, 4.69) is 5.32 Å². The first kappa shape index (κ1) is 13.1. The average molecular weight is 263 g/mol. The van der Waals surface area contributed by atoms with Crippen molar-refractivity contribution < 1.29 is 19.4 Å². The molecule has 1 aromatic heterocycles. The van der Waals surface area contributed by atoms with E-state index in [9.17, 15) is 14.7 Å². The first-order valence-electron chi connectivity index (χ1n) is 5.69. The minimum atomic E-state index is -0.968. The molecular formula is C13H13NO5. The smallest absolute Gasteiger partial charge is 0.336 e. The Kier molecular flexibility index (Phi) is 3.52. The van der Waals surface area contributed by atoms with Crippen LogP contribution < -0.4 is 10.9 Å². The van der Waals surface area contributed by atoms with Crippen molar-refractivity contribution in [3.05, 3.63) is 40.2 Å². The van der Waals surface area contributed by atoms with Gasteiger partial charge in [-0.25, -0.2) is 4.79 Å². The molecule has 0 saturated carbocycles. The molecule has 1 heterocycles. The number of carbonyl (C=O) groups is 1. The van der Waals surface area contributed by atoms with Crippen molar-refractivity contribution in [2.24, 2.45) is 0 Å². The van der Waals surface area contributed by atoms with Crippen LogP contribution in [0.5, 0.6) is 5.75 Å². The Bertz CT molecular complexity index is 676. The number of hydrogen-bond donors (Lipinski definition) is 3. The molecule has 0 bridgehead atoms. The second kappa shape index (κ2) is 5.11. The fourth-order valence-corrected chi connectivity index (χ4v) is 1.72. The van der Waals surface area contributed by atoms with Crippen molar-refractivity contribution in [2.45, 2.75) is 19.5 Å². The summed E-state index contributed by atoms with van der Waals surface area (Å²) >= 11 is 0. The molecule has 6 heteroatoms. The molecule has 1 atom stereocenters. The van der Waals surface area contributed by atoms with Gasteiger partial charge >= 0.3 is 11.6 Å². The number of benzene rings is 1. The van der Waals surface area contributed by atoms with Crippen LogP contribution in [0.2, 0.25) is 0 Å². The standard InChI is InChI=1S/C13H13NO5/c1-7(13(17)18)14-6-8-4-12(16)19-11-5-9(15)2-3-10(8)11/h2-5,7,14-15H,6H2,1H3,(H,17,18)/t7-/m1/s1. The fourth-order valence-electron chi connectivity index (χ4n) is 1.72. The van der Waals surface area contributed by atoms with Crippen LogP contribution in [0.15, 0.2) is 33.5 Å². The number of fused-ring (bicyclic) bond motifs is 1. The highest BCUT2D eigenvalue weighted by Gasteiger charge is 2.12. The Morgan fingerprint density at radius 3 is 2.84 bits per heavy atom. The maximum atomic E-state index is 11.4. The first-order chi connectivity index (χ1) is 8.97. The maximum absolute atomic E-state index is 11.4. The number of nitrogens with one attached hydrogen (secondary N) is 1. The molecule has 0 unspecified atom stereocenters. The van der Waals surface area contributed by atoms with Crippen molar-refractivity contribution in [1.29, 1.82) is 0 Å². The second-order valence-corrected chi connectivity index (χ2v) is 4.21. The zero-order chi connectivity index (χ0) is 14.0. The summed E-state index contributed by atoms with van der Waals surface area (Å²) in [6, 6.07) is 5.03. The van der Waals surface area contributed by atoms with Crippen molar-refractivity contribution in [2.75, 3.05) is 0 Å². The van der Waals surface area contributed by atoms with Crippen molar-refractivity contribution in [3.63, 3.8) is 0 Å². The molecule has 0 aliphatic carbocycles. The molecule has 0 aliphatic heterocycles. The largest absolute Gasteiger partial charge is 0.508 e. The third kappa shape index (κ3) is 2.92. The lowest BCUT2D eigenvalue weighted by molar-refractivity contribution is -0.139. The van der Waals surface area contributed by atoms with Crippen LogP contribution in [0, 0.1) is 0 Å². The van der Waals surface area contributed by atoms with Gasteiger partial charge in [0.15, 0.2) is 0 Å². The predicted octanol–water partition coefficient (Wildman–Crippen LogP) is 1.06. The number of aromatic hydroxyl groups is 1. The molecular weight excluding hydrogens is 250 g/mol. The molecule has 0 aliphatic rings. The van der Waals surface area contributed by atoms with Gasteiger partial charge in [0, 0.05) is 24.1 Å². The third-order valence-corrected chi connectivity index (χ3v) is 2.78. The molecule has 2 aromatic rings. The van der Waals surface area contributed by atoms with E-state index in [0.717, 1.165) is 0 Å². The van der Waals surface area contributed by atoms with E-state index in [0.29, 0.717) is 10.9 Å². The van der Waals surface area contributed by atoms with Gasteiger partial charge in [-0.3, -0.25) is 4.79 Å². The van der Waals surface area contributed by atoms with E-state index in [1.807, 2.05) is 0 Å². The number of hydrogen-bond acceptors (Lipinski definition) is 5. The molecule has 19 heavy (non-hydrogen) atoms. The SMILES string of the molecule is C[C@@H](NCc1cc(=O)oc2cc(O)ccc12)C(=O)O. The number of phenolic OH excluding ortho intramolecular Hbond substituents is 1. The summed E-state index contributed by atoms with van der Waals surface area (Å²) in [6.07, 6.45) is 0. The Labute approximate surface area is 108 Å². The van der Waals surface area contributed by atoms with Gasteiger partial charge in [-0.1, -0.05) is 0 Å². The third-order valence-electron chi connectivity index (χ3n) is 2.78. The molecule has 0 fully saturated rings. The van der Waals surface area contributed by atoms with Crippen LogP contribution in [-0.2, 0) is 11.3 Å². The molecule has 0 amide bonds. The molecule has 0 spiro atoms. The number of phenols is 1. The second-order valence-electron chi connectivity index (χ2n) is 4.21. The summed E-state index contributed by atoms with van der Waals surface area (Å²) in [5, 5.41) is 21.6. The van der Waals surface area contributed by atoms with Crippen LogP contribution in [0.3, 0.4) is 0 Å². The van der Waals surface area contributed by atoms with E-state index in [-0.39, 0.29) is 17.9 Å².